The van der Waals surface area contributed by atoms with Crippen LogP contribution in [0, 0.1) is 0 Å². The summed E-state index contributed by atoms with van der Waals surface area (Å²) in [5.74, 6) is 0. The number of halogens is 2. The van der Waals surface area contributed by atoms with Crippen molar-refractivity contribution in [1.82, 2.24) is 0 Å². The molecule has 0 aromatic heterocycles. The van der Waals surface area contributed by atoms with Crippen LogP contribution in [-0.4, -0.2) is 18.0 Å². The molecule has 0 spiro atoms. The van der Waals surface area contributed by atoms with Crippen molar-refractivity contribution in [3.63, 3.8) is 0 Å². The lowest BCUT2D eigenvalue weighted by Gasteiger charge is -2.05. The maximum atomic E-state index is 11.2. The van der Waals surface area contributed by atoms with Gasteiger partial charge in [0.15, 0.2) is 0 Å². The Morgan fingerprint density at radius 2 is 2.00 bits per heavy atom. The SMILES string of the molecule is O=C(Nc1ccc(Br)cc1)OCCCBr. The fraction of sp³-hybridized carbons (Fsp3) is 0.300. The summed E-state index contributed by atoms with van der Waals surface area (Å²) in [5, 5.41) is 3.46. The highest BCUT2D eigenvalue weighted by Crippen LogP contribution is 2.14. The molecule has 0 bridgehead atoms. The minimum atomic E-state index is -0.418. The number of amides is 1. The predicted octanol–water partition coefficient (Wildman–Crippen LogP) is 3.78. The largest absolute Gasteiger partial charge is 0.449 e. The van der Waals surface area contributed by atoms with E-state index in [1.807, 2.05) is 12.1 Å². The molecule has 0 saturated carbocycles. The van der Waals surface area contributed by atoms with Gasteiger partial charge in [0.1, 0.15) is 0 Å². The molecule has 0 aliphatic heterocycles. The van der Waals surface area contributed by atoms with Crippen LogP contribution in [0.5, 0.6) is 0 Å². The molecule has 0 heterocycles. The molecule has 1 amide bonds. The van der Waals surface area contributed by atoms with Crippen LogP contribution in [-0.2, 0) is 4.74 Å². The van der Waals surface area contributed by atoms with E-state index in [-0.39, 0.29) is 0 Å². The van der Waals surface area contributed by atoms with E-state index < -0.39 is 6.09 Å². The quantitative estimate of drug-likeness (QED) is 0.671. The summed E-state index contributed by atoms with van der Waals surface area (Å²) in [5.41, 5.74) is 0.724. The van der Waals surface area contributed by atoms with Gasteiger partial charge in [0.05, 0.1) is 6.61 Å². The lowest BCUT2D eigenvalue weighted by molar-refractivity contribution is 0.162. The van der Waals surface area contributed by atoms with Crippen LogP contribution in [0.3, 0.4) is 0 Å². The normalized spacial score (nSPS) is 9.73. The van der Waals surface area contributed by atoms with Gasteiger partial charge in [0.2, 0.25) is 0 Å². The maximum Gasteiger partial charge on any atom is 0.411 e. The van der Waals surface area contributed by atoms with E-state index in [1.165, 1.54) is 0 Å². The molecule has 0 aliphatic carbocycles. The maximum absolute atomic E-state index is 11.2. The third kappa shape index (κ3) is 5.18. The first-order valence-electron chi connectivity index (χ1n) is 4.47. The van der Waals surface area contributed by atoms with Crippen LogP contribution in [0.2, 0.25) is 0 Å². The van der Waals surface area contributed by atoms with Crippen molar-refractivity contribution in [3.8, 4) is 0 Å². The molecule has 0 unspecified atom stereocenters. The first-order chi connectivity index (χ1) is 7.22. The van der Waals surface area contributed by atoms with Crippen molar-refractivity contribution in [3.05, 3.63) is 28.7 Å². The number of hydrogen-bond acceptors (Lipinski definition) is 2. The lowest BCUT2D eigenvalue weighted by Crippen LogP contribution is -2.14. The molecule has 1 aromatic carbocycles. The van der Waals surface area contributed by atoms with Gasteiger partial charge in [-0.25, -0.2) is 4.79 Å². The molecular weight excluding hydrogens is 326 g/mol. The van der Waals surface area contributed by atoms with Crippen LogP contribution in [0.25, 0.3) is 0 Å². The van der Waals surface area contributed by atoms with Gasteiger partial charge in [-0.05, 0) is 30.7 Å². The average molecular weight is 337 g/mol. The molecule has 1 rings (SSSR count). The van der Waals surface area contributed by atoms with Crippen molar-refractivity contribution in [2.24, 2.45) is 0 Å². The third-order valence-electron chi connectivity index (χ3n) is 1.60. The van der Waals surface area contributed by atoms with E-state index in [1.54, 1.807) is 12.1 Å². The lowest BCUT2D eigenvalue weighted by atomic mass is 10.3. The zero-order valence-electron chi connectivity index (χ0n) is 8.00. The van der Waals surface area contributed by atoms with Crippen LogP contribution in [0.1, 0.15) is 6.42 Å². The second-order valence-electron chi connectivity index (χ2n) is 2.81. The summed E-state index contributed by atoms with van der Waals surface area (Å²) in [6, 6.07) is 7.31. The second-order valence-corrected chi connectivity index (χ2v) is 4.52. The highest BCUT2D eigenvalue weighted by atomic mass is 79.9. The summed E-state index contributed by atoms with van der Waals surface area (Å²) in [4.78, 5) is 11.2. The second kappa shape index (κ2) is 6.85. The number of alkyl halides is 1. The zero-order valence-corrected chi connectivity index (χ0v) is 11.2. The van der Waals surface area contributed by atoms with Gasteiger partial charge in [0, 0.05) is 15.5 Å². The summed E-state index contributed by atoms with van der Waals surface area (Å²) in [6.45, 7) is 0.424. The topological polar surface area (TPSA) is 38.3 Å². The van der Waals surface area contributed by atoms with Gasteiger partial charge in [-0.15, -0.1) is 0 Å². The fourth-order valence-corrected chi connectivity index (χ4v) is 1.40. The number of carbonyl (C=O) groups excluding carboxylic acids is 1. The fourth-order valence-electron chi connectivity index (χ4n) is 0.907. The van der Waals surface area contributed by atoms with Gasteiger partial charge < -0.3 is 4.74 Å². The van der Waals surface area contributed by atoms with Gasteiger partial charge in [-0.2, -0.15) is 0 Å². The molecule has 0 radical (unpaired) electrons. The van der Waals surface area contributed by atoms with Crippen LogP contribution in [0.15, 0.2) is 28.7 Å². The minimum absolute atomic E-state index is 0.418. The van der Waals surface area contributed by atoms with Crippen molar-refractivity contribution in [1.29, 1.82) is 0 Å². The highest BCUT2D eigenvalue weighted by molar-refractivity contribution is 9.10. The molecular formula is C10H11Br2NO2. The van der Waals surface area contributed by atoms with Crippen molar-refractivity contribution in [2.45, 2.75) is 6.42 Å². The highest BCUT2D eigenvalue weighted by Gasteiger charge is 2.01. The minimum Gasteiger partial charge on any atom is -0.449 e. The molecule has 15 heavy (non-hydrogen) atoms. The van der Waals surface area contributed by atoms with E-state index in [0.29, 0.717) is 6.61 Å². The standard InChI is InChI=1S/C10H11Br2NO2/c11-6-1-7-15-10(14)13-9-4-2-8(12)3-5-9/h2-5H,1,6-7H2,(H,13,14). The van der Waals surface area contributed by atoms with E-state index >= 15 is 0 Å². The monoisotopic (exact) mass is 335 g/mol. The third-order valence-corrected chi connectivity index (χ3v) is 2.69. The number of hydrogen-bond donors (Lipinski definition) is 1. The first kappa shape index (κ1) is 12.5. The summed E-state index contributed by atoms with van der Waals surface area (Å²) in [6.07, 6.45) is 0.395. The van der Waals surface area contributed by atoms with Crippen molar-refractivity contribution >= 4 is 43.6 Å². The number of anilines is 1. The van der Waals surface area contributed by atoms with Crippen LogP contribution >= 0.6 is 31.9 Å². The van der Waals surface area contributed by atoms with Gasteiger partial charge >= 0.3 is 6.09 Å². The van der Waals surface area contributed by atoms with Crippen LogP contribution in [0.4, 0.5) is 10.5 Å². The summed E-state index contributed by atoms with van der Waals surface area (Å²) < 4.78 is 5.90. The molecule has 0 aliphatic rings. The molecule has 3 nitrogen and oxygen atoms in total. The molecule has 82 valence electrons. The molecule has 1 aromatic rings. The van der Waals surface area contributed by atoms with Crippen molar-refractivity contribution < 1.29 is 9.53 Å². The van der Waals surface area contributed by atoms with E-state index in [2.05, 4.69) is 37.2 Å². The Morgan fingerprint density at radius 3 is 2.60 bits per heavy atom. The Morgan fingerprint density at radius 1 is 1.33 bits per heavy atom. The Hall–Kier alpha value is -0.550. The van der Waals surface area contributed by atoms with E-state index in [0.717, 1.165) is 21.9 Å². The van der Waals surface area contributed by atoms with E-state index in [9.17, 15) is 4.79 Å². The van der Waals surface area contributed by atoms with Gasteiger partial charge in [-0.1, -0.05) is 31.9 Å². The number of benzene rings is 1. The Bertz CT molecular complexity index is 314. The molecule has 0 atom stereocenters. The molecule has 0 fully saturated rings. The van der Waals surface area contributed by atoms with Crippen molar-refractivity contribution in [2.75, 3.05) is 17.3 Å². The van der Waals surface area contributed by atoms with E-state index in [4.69, 9.17) is 4.74 Å². The Kier molecular flexibility index (Phi) is 5.71. The smallest absolute Gasteiger partial charge is 0.411 e. The van der Waals surface area contributed by atoms with Gasteiger partial charge in [0.25, 0.3) is 0 Å². The van der Waals surface area contributed by atoms with Gasteiger partial charge in [-0.3, -0.25) is 5.32 Å². The van der Waals surface area contributed by atoms with Crippen LogP contribution < -0.4 is 5.32 Å². The average Bonchev–Trinajstić information content (AvgIpc) is 2.22. The number of carbonyl (C=O) groups is 1. The number of rotatable bonds is 4. The first-order valence-corrected chi connectivity index (χ1v) is 6.39. The molecule has 0 saturated heterocycles. The zero-order chi connectivity index (χ0) is 11.1. The summed E-state index contributed by atoms with van der Waals surface area (Å²) in [7, 11) is 0. The molecule has 1 N–H and O–H groups in total. The molecule has 5 heteroatoms. The number of nitrogens with one attached hydrogen (secondary N) is 1. The Balaban J connectivity index is 2.34. The predicted molar refractivity (Wildman–Crippen MR) is 67.5 cm³/mol. The number of ether oxygens (including phenoxy) is 1. The Labute approximate surface area is 105 Å². The summed E-state index contributed by atoms with van der Waals surface area (Å²) >= 11 is 6.57.